The molecule has 0 saturated carbocycles. The summed E-state index contributed by atoms with van der Waals surface area (Å²) >= 11 is 0. The monoisotopic (exact) mass is 198 g/mol. The third-order valence-electron chi connectivity index (χ3n) is 2.47. The largest absolute Gasteiger partial charge is 0.441 e. The fourth-order valence-corrected chi connectivity index (χ4v) is 1.81. The molecule has 0 N–H and O–H groups in total. The molecule has 15 heavy (non-hydrogen) atoms. The summed E-state index contributed by atoms with van der Waals surface area (Å²) in [6.07, 6.45) is 0. The molecule has 0 radical (unpaired) electrons. The minimum Gasteiger partial charge on any atom is -0.441 e. The maximum atomic E-state index is 5.47. The predicted octanol–water partition coefficient (Wildman–Crippen LogP) is 2.99. The summed E-state index contributed by atoms with van der Waals surface area (Å²) < 4.78 is 5.47. The first-order valence-electron chi connectivity index (χ1n) is 4.87. The summed E-state index contributed by atoms with van der Waals surface area (Å²) in [7, 11) is 0. The van der Waals surface area contributed by atoms with Gasteiger partial charge in [-0.2, -0.15) is 0 Å². The first-order chi connectivity index (χ1) is 7.24. The molecule has 0 aliphatic carbocycles. The molecule has 2 aromatic heterocycles. The Morgan fingerprint density at radius 2 is 1.87 bits per heavy atom. The van der Waals surface area contributed by atoms with E-state index in [1.54, 1.807) is 0 Å². The van der Waals surface area contributed by atoms with Crippen molar-refractivity contribution in [2.75, 3.05) is 0 Å². The van der Waals surface area contributed by atoms with E-state index in [0.29, 0.717) is 5.89 Å². The Morgan fingerprint density at radius 3 is 2.73 bits per heavy atom. The Hall–Kier alpha value is -1.90. The molecule has 74 valence electrons. The number of fused-ring (bicyclic) bond motifs is 3. The molecule has 1 aromatic carbocycles. The number of pyridine rings is 1. The predicted molar refractivity (Wildman–Crippen MR) is 58.8 cm³/mol. The van der Waals surface area contributed by atoms with E-state index in [2.05, 4.69) is 9.97 Å². The third kappa shape index (κ3) is 1.20. The van der Waals surface area contributed by atoms with Crippen LogP contribution in [-0.4, -0.2) is 9.97 Å². The minimum atomic E-state index is 0.693. The molecule has 0 bridgehead atoms. The Balaban J connectivity index is 2.53. The Bertz CT molecular complexity index is 655. The van der Waals surface area contributed by atoms with E-state index in [-0.39, 0.29) is 0 Å². The second-order valence-corrected chi connectivity index (χ2v) is 3.66. The van der Waals surface area contributed by atoms with Crippen molar-refractivity contribution >= 4 is 22.0 Å². The van der Waals surface area contributed by atoms with E-state index in [9.17, 15) is 0 Å². The summed E-state index contributed by atoms with van der Waals surface area (Å²) in [4.78, 5) is 8.82. The van der Waals surface area contributed by atoms with Crippen LogP contribution in [0.1, 0.15) is 11.6 Å². The SMILES string of the molecule is Cc1ccc2c(ccc3oc(C)nc32)n1. The highest BCUT2D eigenvalue weighted by Crippen LogP contribution is 2.24. The van der Waals surface area contributed by atoms with E-state index < -0.39 is 0 Å². The quantitative estimate of drug-likeness (QED) is 0.557. The van der Waals surface area contributed by atoms with Crippen LogP contribution >= 0.6 is 0 Å². The lowest BCUT2D eigenvalue weighted by Gasteiger charge is -1.97. The molecule has 0 aliphatic heterocycles. The van der Waals surface area contributed by atoms with Gasteiger partial charge in [0.1, 0.15) is 5.52 Å². The number of hydrogen-bond acceptors (Lipinski definition) is 3. The van der Waals surface area contributed by atoms with Gasteiger partial charge in [-0.3, -0.25) is 4.98 Å². The van der Waals surface area contributed by atoms with Gasteiger partial charge in [-0.1, -0.05) is 0 Å². The van der Waals surface area contributed by atoms with Crippen LogP contribution in [0.3, 0.4) is 0 Å². The van der Waals surface area contributed by atoms with Crippen molar-refractivity contribution in [2.24, 2.45) is 0 Å². The van der Waals surface area contributed by atoms with E-state index in [0.717, 1.165) is 27.7 Å². The van der Waals surface area contributed by atoms with Crippen molar-refractivity contribution in [1.29, 1.82) is 0 Å². The molecule has 0 amide bonds. The van der Waals surface area contributed by atoms with Gasteiger partial charge in [0.15, 0.2) is 11.5 Å². The molecule has 2 heterocycles. The summed E-state index contributed by atoms with van der Waals surface area (Å²) in [6, 6.07) is 7.92. The van der Waals surface area contributed by atoms with Crippen molar-refractivity contribution in [3.05, 3.63) is 35.9 Å². The molecular formula is C12H10N2O. The zero-order valence-electron chi connectivity index (χ0n) is 8.61. The van der Waals surface area contributed by atoms with Gasteiger partial charge in [0.05, 0.1) is 5.52 Å². The maximum Gasteiger partial charge on any atom is 0.192 e. The van der Waals surface area contributed by atoms with E-state index in [4.69, 9.17) is 4.42 Å². The molecule has 3 nitrogen and oxygen atoms in total. The fourth-order valence-electron chi connectivity index (χ4n) is 1.81. The van der Waals surface area contributed by atoms with Gasteiger partial charge >= 0.3 is 0 Å². The molecule has 3 heteroatoms. The molecule has 3 aromatic rings. The van der Waals surface area contributed by atoms with Crippen LogP contribution in [0, 0.1) is 13.8 Å². The van der Waals surface area contributed by atoms with Crippen molar-refractivity contribution in [1.82, 2.24) is 9.97 Å². The molecule has 0 spiro atoms. The average Bonchev–Trinajstić information content (AvgIpc) is 2.58. The number of nitrogens with zero attached hydrogens (tertiary/aromatic N) is 2. The molecule has 0 unspecified atom stereocenters. The van der Waals surface area contributed by atoms with Gasteiger partial charge in [-0.25, -0.2) is 4.98 Å². The van der Waals surface area contributed by atoms with E-state index in [1.165, 1.54) is 0 Å². The lowest BCUT2D eigenvalue weighted by molar-refractivity contribution is 0.561. The van der Waals surface area contributed by atoms with Gasteiger partial charge in [0, 0.05) is 18.0 Å². The topological polar surface area (TPSA) is 38.9 Å². The van der Waals surface area contributed by atoms with Crippen LogP contribution in [0.15, 0.2) is 28.7 Å². The van der Waals surface area contributed by atoms with Crippen molar-refractivity contribution < 1.29 is 4.42 Å². The number of rotatable bonds is 0. The Labute approximate surface area is 86.8 Å². The van der Waals surface area contributed by atoms with E-state index >= 15 is 0 Å². The number of hydrogen-bond donors (Lipinski definition) is 0. The minimum absolute atomic E-state index is 0.693. The van der Waals surface area contributed by atoms with Crippen molar-refractivity contribution in [2.45, 2.75) is 13.8 Å². The zero-order valence-corrected chi connectivity index (χ0v) is 8.61. The summed E-state index contributed by atoms with van der Waals surface area (Å²) in [5.41, 5.74) is 3.71. The second-order valence-electron chi connectivity index (χ2n) is 3.66. The first kappa shape index (κ1) is 8.41. The third-order valence-corrected chi connectivity index (χ3v) is 2.47. The van der Waals surface area contributed by atoms with Gasteiger partial charge in [-0.05, 0) is 31.2 Å². The maximum absolute atomic E-state index is 5.47. The second kappa shape index (κ2) is 2.79. The highest BCUT2D eigenvalue weighted by molar-refractivity contribution is 6.01. The van der Waals surface area contributed by atoms with Gasteiger partial charge < -0.3 is 4.42 Å². The van der Waals surface area contributed by atoms with Crippen molar-refractivity contribution in [3.8, 4) is 0 Å². The molecule has 0 fully saturated rings. The summed E-state index contributed by atoms with van der Waals surface area (Å²) in [5, 5.41) is 1.05. The summed E-state index contributed by atoms with van der Waals surface area (Å²) in [5.74, 6) is 0.693. The first-order valence-corrected chi connectivity index (χ1v) is 4.87. The summed E-state index contributed by atoms with van der Waals surface area (Å²) in [6.45, 7) is 3.84. The number of oxazole rings is 1. The molecule has 0 aliphatic rings. The smallest absolute Gasteiger partial charge is 0.192 e. The lowest BCUT2D eigenvalue weighted by atomic mass is 10.2. The Kier molecular flexibility index (Phi) is 1.57. The normalized spacial score (nSPS) is 11.3. The number of aromatic nitrogens is 2. The van der Waals surface area contributed by atoms with Gasteiger partial charge in [-0.15, -0.1) is 0 Å². The molecule has 3 rings (SSSR count). The van der Waals surface area contributed by atoms with Gasteiger partial charge in [0.25, 0.3) is 0 Å². The number of benzene rings is 1. The van der Waals surface area contributed by atoms with Gasteiger partial charge in [0.2, 0.25) is 0 Å². The van der Waals surface area contributed by atoms with Crippen LogP contribution in [0.2, 0.25) is 0 Å². The van der Waals surface area contributed by atoms with Crippen LogP contribution in [0.4, 0.5) is 0 Å². The average molecular weight is 198 g/mol. The molecule has 0 atom stereocenters. The number of aryl methyl sites for hydroxylation is 2. The van der Waals surface area contributed by atoms with Crippen molar-refractivity contribution in [3.63, 3.8) is 0 Å². The zero-order chi connectivity index (χ0) is 10.4. The standard InChI is InChI=1S/C12H10N2O/c1-7-3-4-9-10(13-7)5-6-11-12(9)14-8(2)15-11/h3-6H,1-2H3. The van der Waals surface area contributed by atoms with Crippen LogP contribution < -0.4 is 0 Å². The van der Waals surface area contributed by atoms with Crippen LogP contribution in [-0.2, 0) is 0 Å². The van der Waals surface area contributed by atoms with Crippen LogP contribution in [0.25, 0.3) is 22.0 Å². The molecule has 0 saturated heterocycles. The Morgan fingerprint density at radius 1 is 1.00 bits per heavy atom. The van der Waals surface area contributed by atoms with E-state index in [1.807, 2.05) is 38.1 Å². The van der Waals surface area contributed by atoms with Crippen LogP contribution in [0.5, 0.6) is 0 Å². The fraction of sp³-hybridized carbons (Fsp3) is 0.167. The highest BCUT2D eigenvalue weighted by Gasteiger charge is 2.06. The lowest BCUT2D eigenvalue weighted by Crippen LogP contribution is -1.83. The molecular weight excluding hydrogens is 188 g/mol. The highest BCUT2D eigenvalue weighted by atomic mass is 16.3.